The number of esters is 1. The number of hydrogen-bond acceptors (Lipinski definition) is 5. The summed E-state index contributed by atoms with van der Waals surface area (Å²) in [7, 11) is -2.16. The molecule has 0 aromatic heterocycles. The number of carbonyl (C=O) groups excluding carboxylic acids is 1. The first kappa shape index (κ1) is 16.4. The van der Waals surface area contributed by atoms with Gasteiger partial charge in [0.2, 0.25) is 10.0 Å². The summed E-state index contributed by atoms with van der Waals surface area (Å²) in [4.78, 5) is 11.1. The van der Waals surface area contributed by atoms with E-state index in [-0.39, 0.29) is 24.3 Å². The van der Waals surface area contributed by atoms with Crippen LogP contribution in [0.3, 0.4) is 0 Å². The van der Waals surface area contributed by atoms with Gasteiger partial charge >= 0.3 is 5.97 Å². The van der Waals surface area contributed by atoms with E-state index in [0.29, 0.717) is 6.54 Å². The molecule has 1 rings (SSSR count). The molecule has 0 amide bonds. The molecule has 0 spiro atoms. The number of sulfonamides is 1. The highest BCUT2D eigenvalue weighted by Crippen LogP contribution is 2.14. The summed E-state index contributed by atoms with van der Waals surface area (Å²) in [6.45, 7) is 5.12. The number of nitrogens with zero attached hydrogens (tertiary/aromatic N) is 1. The Hall–Kier alpha value is -0.660. The second-order valence-electron chi connectivity index (χ2n) is 5.10. The number of methoxy groups -OCH3 is 1. The van der Waals surface area contributed by atoms with Crippen LogP contribution in [0.15, 0.2) is 0 Å². The lowest BCUT2D eigenvalue weighted by Gasteiger charge is -2.28. The number of hydrogen-bond donors (Lipinski definition) is 1. The third-order valence-corrected chi connectivity index (χ3v) is 5.29. The smallest absolute Gasteiger partial charge is 0.306 e. The fourth-order valence-electron chi connectivity index (χ4n) is 2.21. The van der Waals surface area contributed by atoms with Crippen LogP contribution in [-0.2, 0) is 19.6 Å². The molecule has 6 nitrogen and oxygen atoms in total. The summed E-state index contributed by atoms with van der Waals surface area (Å²) < 4.78 is 30.5. The van der Waals surface area contributed by atoms with Crippen LogP contribution in [0.2, 0.25) is 0 Å². The maximum Gasteiger partial charge on any atom is 0.306 e. The molecule has 1 atom stereocenters. The van der Waals surface area contributed by atoms with Crippen LogP contribution in [0.5, 0.6) is 0 Å². The molecule has 0 aromatic carbocycles. The standard InChI is InChI=1S/C12H24N2O4S/c1-10(2)14(9-11-5-4-7-13-11)19(16,17)8-6-12(15)18-3/h10-11,13H,4-9H2,1-3H3. The summed E-state index contributed by atoms with van der Waals surface area (Å²) in [5, 5.41) is 3.29. The quantitative estimate of drug-likeness (QED) is 0.685. The molecule has 1 fully saturated rings. The number of carbonyl (C=O) groups is 1. The summed E-state index contributed by atoms with van der Waals surface area (Å²) in [6.07, 6.45) is 1.98. The van der Waals surface area contributed by atoms with Gasteiger partial charge in [-0.05, 0) is 33.2 Å². The summed E-state index contributed by atoms with van der Waals surface area (Å²) in [5.41, 5.74) is 0. The molecule has 1 unspecified atom stereocenters. The lowest BCUT2D eigenvalue weighted by atomic mass is 10.2. The molecule has 1 N–H and O–H groups in total. The predicted octanol–water partition coefficient (Wildman–Crippen LogP) is 0.342. The normalized spacial score (nSPS) is 20.2. The minimum atomic E-state index is -3.42. The molecule has 19 heavy (non-hydrogen) atoms. The highest BCUT2D eigenvalue weighted by atomic mass is 32.2. The van der Waals surface area contributed by atoms with Crippen molar-refractivity contribution in [2.24, 2.45) is 0 Å². The zero-order valence-corrected chi connectivity index (χ0v) is 12.7. The van der Waals surface area contributed by atoms with Gasteiger partial charge in [0, 0.05) is 18.6 Å². The van der Waals surface area contributed by atoms with E-state index in [1.165, 1.54) is 11.4 Å². The molecule has 0 radical (unpaired) electrons. The molecule has 1 aliphatic heterocycles. The Labute approximate surface area is 115 Å². The lowest BCUT2D eigenvalue weighted by Crippen LogP contribution is -2.45. The molecular formula is C12H24N2O4S. The Morgan fingerprint density at radius 1 is 1.47 bits per heavy atom. The largest absolute Gasteiger partial charge is 0.469 e. The molecule has 1 aliphatic rings. The van der Waals surface area contributed by atoms with Crippen LogP contribution in [-0.4, -0.2) is 56.7 Å². The molecule has 7 heteroatoms. The van der Waals surface area contributed by atoms with Gasteiger partial charge in [0.05, 0.1) is 19.3 Å². The van der Waals surface area contributed by atoms with Crippen molar-refractivity contribution in [2.75, 3.05) is 26.0 Å². The van der Waals surface area contributed by atoms with E-state index in [0.717, 1.165) is 19.4 Å². The third-order valence-electron chi connectivity index (χ3n) is 3.29. The zero-order valence-electron chi connectivity index (χ0n) is 11.9. The topological polar surface area (TPSA) is 75.7 Å². The van der Waals surface area contributed by atoms with Crippen molar-refractivity contribution in [3.05, 3.63) is 0 Å². The van der Waals surface area contributed by atoms with Crippen molar-refractivity contribution in [1.29, 1.82) is 0 Å². The number of nitrogens with one attached hydrogen (secondary N) is 1. The molecule has 1 heterocycles. The third kappa shape index (κ3) is 5.08. The SMILES string of the molecule is COC(=O)CCS(=O)(=O)N(CC1CCCN1)C(C)C. The molecule has 112 valence electrons. The van der Waals surface area contributed by atoms with Gasteiger partial charge in [-0.3, -0.25) is 4.79 Å². The van der Waals surface area contributed by atoms with Gasteiger partial charge in [-0.2, -0.15) is 4.31 Å². The fraction of sp³-hybridized carbons (Fsp3) is 0.917. The molecule has 0 bridgehead atoms. The Bertz CT molecular complexity index is 389. The van der Waals surface area contributed by atoms with E-state index in [1.807, 2.05) is 13.8 Å². The number of rotatable bonds is 7. The van der Waals surface area contributed by atoms with E-state index >= 15 is 0 Å². The average molecular weight is 292 g/mol. The Morgan fingerprint density at radius 2 is 2.16 bits per heavy atom. The minimum absolute atomic E-state index is 0.0971. The van der Waals surface area contributed by atoms with Gasteiger partial charge < -0.3 is 10.1 Å². The second-order valence-corrected chi connectivity index (χ2v) is 7.14. The highest BCUT2D eigenvalue weighted by Gasteiger charge is 2.29. The van der Waals surface area contributed by atoms with Crippen LogP contribution < -0.4 is 5.32 Å². The molecule has 0 aliphatic carbocycles. The van der Waals surface area contributed by atoms with Crippen molar-refractivity contribution < 1.29 is 17.9 Å². The first-order chi connectivity index (χ1) is 8.86. The van der Waals surface area contributed by atoms with Gasteiger partial charge in [0.25, 0.3) is 0 Å². The van der Waals surface area contributed by atoms with Gasteiger partial charge in [-0.1, -0.05) is 0 Å². The maximum atomic E-state index is 12.3. The molecule has 1 saturated heterocycles. The van der Waals surface area contributed by atoms with Crippen molar-refractivity contribution in [3.8, 4) is 0 Å². The fourth-order valence-corrected chi connectivity index (χ4v) is 3.92. The average Bonchev–Trinajstić information content (AvgIpc) is 2.85. The van der Waals surface area contributed by atoms with E-state index in [4.69, 9.17) is 0 Å². The van der Waals surface area contributed by atoms with E-state index in [9.17, 15) is 13.2 Å². The summed E-state index contributed by atoms with van der Waals surface area (Å²) in [5.74, 6) is -0.684. The summed E-state index contributed by atoms with van der Waals surface area (Å²) >= 11 is 0. The Kier molecular flexibility index (Phi) is 6.22. The number of ether oxygens (including phenoxy) is 1. The van der Waals surface area contributed by atoms with Crippen LogP contribution in [0, 0.1) is 0 Å². The van der Waals surface area contributed by atoms with Gasteiger partial charge in [0.1, 0.15) is 0 Å². The predicted molar refractivity (Wildman–Crippen MR) is 73.3 cm³/mol. The van der Waals surface area contributed by atoms with Crippen molar-refractivity contribution in [2.45, 2.75) is 45.2 Å². The monoisotopic (exact) mass is 292 g/mol. The minimum Gasteiger partial charge on any atom is -0.469 e. The molecule has 0 saturated carbocycles. The molecular weight excluding hydrogens is 268 g/mol. The van der Waals surface area contributed by atoms with Gasteiger partial charge in [-0.15, -0.1) is 0 Å². The second kappa shape index (κ2) is 7.21. The zero-order chi connectivity index (χ0) is 14.5. The van der Waals surface area contributed by atoms with Crippen LogP contribution in [0.25, 0.3) is 0 Å². The summed E-state index contributed by atoms with van der Waals surface area (Å²) in [6, 6.07) is 0.111. The Balaban J connectivity index is 2.64. The van der Waals surface area contributed by atoms with Crippen LogP contribution in [0.4, 0.5) is 0 Å². The van der Waals surface area contributed by atoms with Crippen LogP contribution >= 0.6 is 0 Å². The lowest BCUT2D eigenvalue weighted by molar-refractivity contribution is -0.140. The van der Waals surface area contributed by atoms with Crippen molar-refractivity contribution in [1.82, 2.24) is 9.62 Å². The first-order valence-corrected chi connectivity index (χ1v) is 8.27. The van der Waals surface area contributed by atoms with Gasteiger partial charge in [0.15, 0.2) is 0 Å². The molecule has 0 aromatic rings. The first-order valence-electron chi connectivity index (χ1n) is 6.66. The van der Waals surface area contributed by atoms with E-state index in [1.54, 1.807) is 0 Å². The van der Waals surface area contributed by atoms with E-state index in [2.05, 4.69) is 10.1 Å². The van der Waals surface area contributed by atoms with Crippen molar-refractivity contribution in [3.63, 3.8) is 0 Å². The highest BCUT2D eigenvalue weighted by molar-refractivity contribution is 7.89. The van der Waals surface area contributed by atoms with Crippen LogP contribution in [0.1, 0.15) is 33.1 Å². The Morgan fingerprint density at radius 3 is 2.63 bits per heavy atom. The van der Waals surface area contributed by atoms with Gasteiger partial charge in [-0.25, -0.2) is 8.42 Å². The van der Waals surface area contributed by atoms with E-state index < -0.39 is 16.0 Å². The maximum absolute atomic E-state index is 12.3. The van der Waals surface area contributed by atoms with Crippen molar-refractivity contribution >= 4 is 16.0 Å².